The van der Waals surface area contributed by atoms with Crippen molar-refractivity contribution in [2.45, 2.75) is 33.1 Å². The van der Waals surface area contributed by atoms with Crippen LogP contribution in [0.15, 0.2) is 0 Å². The van der Waals surface area contributed by atoms with Crippen molar-refractivity contribution in [2.75, 3.05) is 5.73 Å². The molecule has 0 aliphatic rings. The van der Waals surface area contributed by atoms with Gasteiger partial charge in [0, 0.05) is 11.5 Å². The Labute approximate surface area is 83.3 Å². The first kappa shape index (κ1) is 10.3. The molecule has 1 heterocycles. The Hall–Kier alpha value is -0.830. The Kier molecular flexibility index (Phi) is 3.09. The van der Waals surface area contributed by atoms with E-state index in [0.29, 0.717) is 16.9 Å². The van der Waals surface area contributed by atoms with Gasteiger partial charge >= 0.3 is 0 Å². The molecule has 13 heavy (non-hydrogen) atoms. The zero-order valence-electron chi connectivity index (χ0n) is 8.13. The standard InChI is InChI=1S/C9H14ClN3/c1-4-5(2)9-12-7(10)6(3)8(11)13-9/h5H,4H2,1-3H3,(H2,11,12,13)/t5-/m1/s1. The maximum absolute atomic E-state index is 5.89. The fraction of sp³-hybridized carbons (Fsp3) is 0.556. The van der Waals surface area contributed by atoms with Crippen molar-refractivity contribution in [3.8, 4) is 0 Å². The monoisotopic (exact) mass is 199 g/mol. The minimum absolute atomic E-state index is 0.306. The number of hydrogen-bond donors (Lipinski definition) is 1. The number of aromatic nitrogens is 2. The Morgan fingerprint density at radius 3 is 2.54 bits per heavy atom. The Balaban J connectivity index is 3.13. The van der Waals surface area contributed by atoms with Gasteiger partial charge in [-0.15, -0.1) is 0 Å². The highest BCUT2D eigenvalue weighted by Gasteiger charge is 2.10. The van der Waals surface area contributed by atoms with E-state index in [0.717, 1.165) is 17.8 Å². The average molecular weight is 200 g/mol. The molecule has 72 valence electrons. The third-order valence-electron chi connectivity index (χ3n) is 2.19. The van der Waals surface area contributed by atoms with Crippen LogP contribution in [-0.4, -0.2) is 9.97 Å². The Morgan fingerprint density at radius 1 is 1.46 bits per heavy atom. The van der Waals surface area contributed by atoms with Crippen LogP contribution in [0.25, 0.3) is 0 Å². The quantitative estimate of drug-likeness (QED) is 0.745. The van der Waals surface area contributed by atoms with E-state index in [1.54, 1.807) is 0 Å². The van der Waals surface area contributed by atoms with E-state index in [2.05, 4.69) is 23.8 Å². The Bertz CT molecular complexity index is 289. The first-order valence-electron chi connectivity index (χ1n) is 4.35. The molecule has 0 aromatic carbocycles. The maximum Gasteiger partial charge on any atom is 0.137 e. The van der Waals surface area contributed by atoms with Crippen molar-refractivity contribution in [1.82, 2.24) is 9.97 Å². The summed E-state index contributed by atoms with van der Waals surface area (Å²) in [4.78, 5) is 8.37. The number of halogens is 1. The molecule has 2 N–H and O–H groups in total. The van der Waals surface area contributed by atoms with Gasteiger partial charge in [0.25, 0.3) is 0 Å². The molecule has 3 nitrogen and oxygen atoms in total. The molecule has 0 radical (unpaired) electrons. The highest BCUT2D eigenvalue weighted by atomic mass is 35.5. The minimum atomic E-state index is 0.306. The molecule has 1 rings (SSSR count). The zero-order valence-corrected chi connectivity index (χ0v) is 8.89. The van der Waals surface area contributed by atoms with Crippen LogP contribution in [0.2, 0.25) is 5.15 Å². The molecule has 0 aliphatic heterocycles. The van der Waals surface area contributed by atoms with E-state index in [1.165, 1.54) is 0 Å². The SMILES string of the molecule is CC[C@@H](C)c1nc(N)c(C)c(Cl)n1. The summed E-state index contributed by atoms with van der Waals surface area (Å²) in [5.74, 6) is 1.52. The molecule has 0 fully saturated rings. The fourth-order valence-corrected chi connectivity index (χ4v) is 1.11. The normalized spacial score (nSPS) is 12.9. The highest BCUT2D eigenvalue weighted by molar-refractivity contribution is 6.30. The van der Waals surface area contributed by atoms with E-state index < -0.39 is 0 Å². The number of anilines is 1. The van der Waals surface area contributed by atoms with Gasteiger partial charge in [-0.2, -0.15) is 0 Å². The van der Waals surface area contributed by atoms with Crippen molar-refractivity contribution >= 4 is 17.4 Å². The molecule has 0 bridgehead atoms. The largest absolute Gasteiger partial charge is 0.383 e. The zero-order chi connectivity index (χ0) is 10.0. The van der Waals surface area contributed by atoms with Crippen molar-refractivity contribution in [3.63, 3.8) is 0 Å². The lowest BCUT2D eigenvalue weighted by molar-refractivity contribution is 0.679. The number of nitrogens with two attached hydrogens (primary N) is 1. The average Bonchev–Trinajstić information content (AvgIpc) is 2.12. The van der Waals surface area contributed by atoms with Crippen molar-refractivity contribution < 1.29 is 0 Å². The smallest absolute Gasteiger partial charge is 0.137 e. The summed E-state index contributed by atoms with van der Waals surface area (Å²) < 4.78 is 0. The first-order chi connectivity index (χ1) is 6.06. The van der Waals surface area contributed by atoms with Crippen LogP contribution < -0.4 is 5.73 Å². The maximum atomic E-state index is 5.89. The lowest BCUT2D eigenvalue weighted by Crippen LogP contribution is -2.05. The lowest BCUT2D eigenvalue weighted by atomic mass is 10.1. The lowest BCUT2D eigenvalue weighted by Gasteiger charge is -2.09. The van der Waals surface area contributed by atoms with Gasteiger partial charge in [-0.3, -0.25) is 0 Å². The van der Waals surface area contributed by atoms with Gasteiger partial charge in [-0.25, -0.2) is 9.97 Å². The predicted octanol–water partition coefficient (Wildman–Crippen LogP) is 2.53. The van der Waals surface area contributed by atoms with Crippen LogP contribution in [-0.2, 0) is 0 Å². The summed E-state index contributed by atoms with van der Waals surface area (Å²) in [7, 11) is 0. The molecule has 0 saturated carbocycles. The molecule has 4 heteroatoms. The van der Waals surface area contributed by atoms with Crippen molar-refractivity contribution in [2.24, 2.45) is 0 Å². The molecule has 1 aromatic heterocycles. The molecule has 0 saturated heterocycles. The summed E-state index contributed by atoms with van der Waals surface area (Å²) in [6.07, 6.45) is 0.985. The van der Waals surface area contributed by atoms with Crippen molar-refractivity contribution in [3.05, 3.63) is 16.5 Å². The minimum Gasteiger partial charge on any atom is -0.383 e. The van der Waals surface area contributed by atoms with E-state index in [9.17, 15) is 0 Å². The molecule has 0 aliphatic carbocycles. The van der Waals surface area contributed by atoms with Crippen LogP contribution in [0.4, 0.5) is 5.82 Å². The van der Waals surface area contributed by atoms with Crippen LogP contribution >= 0.6 is 11.6 Å². The molecule has 0 unspecified atom stereocenters. The number of nitrogens with zero attached hydrogens (tertiary/aromatic N) is 2. The summed E-state index contributed by atoms with van der Waals surface area (Å²) in [6, 6.07) is 0. The molecule has 1 atom stereocenters. The summed E-state index contributed by atoms with van der Waals surface area (Å²) in [6.45, 7) is 5.95. The van der Waals surface area contributed by atoms with E-state index in [-0.39, 0.29) is 0 Å². The van der Waals surface area contributed by atoms with Crippen LogP contribution in [0, 0.1) is 6.92 Å². The molecule has 0 spiro atoms. The topological polar surface area (TPSA) is 51.8 Å². The van der Waals surface area contributed by atoms with Crippen molar-refractivity contribution in [1.29, 1.82) is 0 Å². The number of hydrogen-bond acceptors (Lipinski definition) is 3. The summed E-state index contributed by atoms with van der Waals surface area (Å²) >= 11 is 5.89. The van der Waals surface area contributed by atoms with Crippen LogP contribution in [0.1, 0.15) is 37.6 Å². The van der Waals surface area contributed by atoms with E-state index >= 15 is 0 Å². The van der Waals surface area contributed by atoms with Crippen LogP contribution in [0.5, 0.6) is 0 Å². The molecular weight excluding hydrogens is 186 g/mol. The second-order valence-corrected chi connectivity index (χ2v) is 3.55. The molecular formula is C9H14ClN3. The van der Waals surface area contributed by atoms with E-state index in [4.69, 9.17) is 17.3 Å². The molecule has 1 aromatic rings. The summed E-state index contributed by atoms with van der Waals surface area (Å²) in [5, 5.41) is 0.461. The van der Waals surface area contributed by atoms with Gasteiger partial charge in [0.2, 0.25) is 0 Å². The van der Waals surface area contributed by atoms with E-state index in [1.807, 2.05) is 6.92 Å². The second-order valence-electron chi connectivity index (χ2n) is 3.19. The van der Waals surface area contributed by atoms with Gasteiger partial charge < -0.3 is 5.73 Å². The third-order valence-corrected chi connectivity index (χ3v) is 2.56. The van der Waals surface area contributed by atoms with Gasteiger partial charge in [0.05, 0.1) is 0 Å². The van der Waals surface area contributed by atoms with Crippen LogP contribution in [0.3, 0.4) is 0 Å². The van der Waals surface area contributed by atoms with Gasteiger partial charge in [0.1, 0.15) is 16.8 Å². The number of nitrogen functional groups attached to an aromatic ring is 1. The first-order valence-corrected chi connectivity index (χ1v) is 4.73. The Morgan fingerprint density at radius 2 is 2.08 bits per heavy atom. The van der Waals surface area contributed by atoms with Gasteiger partial charge in [-0.05, 0) is 13.3 Å². The molecule has 0 amide bonds. The summed E-state index contributed by atoms with van der Waals surface area (Å²) in [5.41, 5.74) is 6.44. The van der Waals surface area contributed by atoms with Gasteiger partial charge in [-0.1, -0.05) is 25.4 Å². The highest BCUT2D eigenvalue weighted by Crippen LogP contribution is 2.22. The van der Waals surface area contributed by atoms with Gasteiger partial charge in [0.15, 0.2) is 0 Å². The number of rotatable bonds is 2. The third kappa shape index (κ3) is 2.10. The fourth-order valence-electron chi connectivity index (χ4n) is 0.925. The second kappa shape index (κ2) is 3.92. The predicted molar refractivity (Wildman–Crippen MR) is 54.9 cm³/mol.